The summed E-state index contributed by atoms with van der Waals surface area (Å²) in [5.74, 6) is -0.0977. The highest BCUT2D eigenvalue weighted by Gasteiger charge is 2.18. The van der Waals surface area contributed by atoms with Gasteiger partial charge in [-0.2, -0.15) is 0 Å². The van der Waals surface area contributed by atoms with Crippen molar-refractivity contribution in [3.05, 3.63) is 35.1 Å². The Balaban J connectivity index is 0.00000144. The van der Waals surface area contributed by atoms with Crippen molar-refractivity contribution in [1.29, 1.82) is 0 Å². The highest BCUT2D eigenvalue weighted by atomic mass is 35.5. The van der Waals surface area contributed by atoms with Gasteiger partial charge in [0.05, 0.1) is 0 Å². The van der Waals surface area contributed by atoms with E-state index < -0.39 is 0 Å². The lowest BCUT2D eigenvalue weighted by Gasteiger charge is -2.33. The van der Waals surface area contributed by atoms with Crippen LogP contribution in [0, 0.1) is 12.7 Å². The third-order valence-corrected chi connectivity index (χ3v) is 3.38. The summed E-state index contributed by atoms with van der Waals surface area (Å²) < 4.78 is 13.5. The maximum Gasteiger partial charge on any atom is 0.126 e. The van der Waals surface area contributed by atoms with E-state index in [0.717, 1.165) is 37.3 Å². The van der Waals surface area contributed by atoms with Gasteiger partial charge in [-0.3, -0.25) is 4.90 Å². The van der Waals surface area contributed by atoms with Gasteiger partial charge in [-0.05, 0) is 31.0 Å². The Hall–Kier alpha value is -0.640. The van der Waals surface area contributed by atoms with Crippen LogP contribution < -0.4 is 5.32 Å². The van der Waals surface area contributed by atoms with E-state index in [1.165, 1.54) is 0 Å². The minimum Gasteiger partial charge on any atom is -0.314 e. The number of rotatable bonds is 2. The highest BCUT2D eigenvalue weighted by molar-refractivity contribution is 5.85. The van der Waals surface area contributed by atoms with Crippen LogP contribution in [0.4, 0.5) is 4.39 Å². The van der Waals surface area contributed by atoms with E-state index in [2.05, 4.69) is 17.1 Å². The highest BCUT2D eigenvalue weighted by Crippen LogP contribution is 2.22. The molecule has 1 saturated heterocycles. The van der Waals surface area contributed by atoms with Gasteiger partial charge in [0, 0.05) is 32.2 Å². The molecule has 1 aliphatic rings. The Morgan fingerprint density at radius 3 is 2.53 bits per heavy atom. The quantitative estimate of drug-likeness (QED) is 0.877. The Bertz CT molecular complexity index is 364. The van der Waals surface area contributed by atoms with Gasteiger partial charge < -0.3 is 5.32 Å². The summed E-state index contributed by atoms with van der Waals surface area (Å²) in [6.45, 7) is 8.08. The molecule has 1 N–H and O–H groups in total. The summed E-state index contributed by atoms with van der Waals surface area (Å²) in [7, 11) is 0. The molecular formula is C13H20ClFN2. The first-order valence-electron chi connectivity index (χ1n) is 5.89. The van der Waals surface area contributed by atoms with E-state index in [1.54, 1.807) is 13.0 Å². The summed E-state index contributed by atoms with van der Waals surface area (Å²) >= 11 is 0. The van der Waals surface area contributed by atoms with E-state index in [1.807, 2.05) is 12.1 Å². The van der Waals surface area contributed by atoms with Gasteiger partial charge in [-0.1, -0.05) is 12.1 Å². The first kappa shape index (κ1) is 14.4. The fraction of sp³-hybridized carbons (Fsp3) is 0.538. The maximum atomic E-state index is 13.5. The number of hydrogen-bond acceptors (Lipinski definition) is 2. The SMILES string of the molecule is Cc1ccc([C@@H](C)N2CCNCC2)cc1F.Cl. The minimum atomic E-state index is -0.0977. The molecule has 0 unspecified atom stereocenters. The van der Waals surface area contributed by atoms with Crippen LogP contribution in [0.2, 0.25) is 0 Å². The zero-order chi connectivity index (χ0) is 11.5. The lowest BCUT2D eigenvalue weighted by Crippen LogP contribution is -2.44. The lowest BCUT2D eigenvalue weighted by atomic mass is 10.0. The van der Waals surface area contributed by atoms with E-state index in [0.29, 0.717) is 6.04 Å². The molecule has 96 valence electrons. The van der Waals surface area contributed by atoms with Crippen LogP contribution in [0.25, 0.3) is 0 Å². The standard InChI is InChI=1S/C13H19FN2.ClH/c1-10-3-4-12(9-13(10)14)11(2)16-7-5-15-6-8-16;/h3-4,9,11,15H,5-8H2,1-2H3;1H/t11-;/m1./s1. The second-order valence-corrected chi connectivity index (χ2v) is 4.47. The van der Waals surface area contributed by atoms with Crippen molar-refractivity contribution in [2.45, 2.75) is 19.9 Å². The van der Waals surface area contributed by atoms with Crippen LogP contribution in [0.3, 0.4) is 0 Å². The molecule has 17 heavy (non-hydrogen) atoms. The Morgan fingerprint density at radius 2 is 1.94 bits per heavy atom. The van der Waals surface area contributed by atoms with Crippen molar-refractivity contribution in [3.63, 3.8) is 0 Å². The monoisotopic (exact) mass is 258 g/mol. The molecule has 0 radical (unpaired) electrons. The van der Waals surface area contributed by atoms with Crippen molar-refractivity contribution in [2.75, 3.05) is 26.2 Å². The van der Waals surface area contributed by atoms with Crippen LogP contribution in [-0.4, -0.2) is 31.1 Å². The number of nitrogens with one attached hydrogen (secondary N) is 1. The molecule has 1 aromatic rings. The normalized spacial score (nSPS) is 18.5. The lowest BCUT2D eigenvalue weighted by molar-refractivity contribution is 0.185. The van der Waals surface area contributed by atoms with Crippen LogP contribution in [0.1, 0.15) is 24.1 Å². The predicted octanol–water partition coefficient (Wildman–Crippen LogP) is 2.52. The van der Waals surface area contributed by atoms with Crippen LogP contribution in [0.15, 0.2) is 18.2 Å². The number of nitrogens with zero attached hydrogens (tertiary/aromatic N) is 1. The molecule has 4 heteroatoms. The Kier molecular flexibility index (Phi) is 5.37. The van der Waals surface area contributed by atoms with Crippen LogP contribution in [-0.2, 0) is 0 Å². The van der Waals surface area contributed by atoms with E-state index in [9.17, 15) is 4.39 Å². The van der Waals surface area contributed by atoms with Gasteiger partial charge in [0.2, 0.25) is 0 Å². The molecule has 0 amide bonds. The molecule has 1 heterocycles. The molecular weight excluding hydrogens is 239 g/mol. The van der Waals surface area contributed by atoms with Crippen molar-refractivity contribution in [2.24, 2.45) is 0 Å². The summed E-state index contributed by atoms with van der Waals surface area (Å²) in [4.78, 5) is 2.39. The van der Waals surface area contributed by atoms with Crippen LogP contribution >= 0.6 is 12.4 Å². The molecule has 1 aliphatic heterocycles. The molecule has 1 fully saturated rings. The van der Waals surface area contributed by atoms with Gasteiger partial charge in [-0.15, -0.1) is 12.4 Å². The topological polar surface area (TPSA) is 15.3 Å². The van der Waals surface area contributed by atoms with Gasteiger partial charge >= 0.3 is 0 Å². The van der Waals surface area contributed by atoms with Crippen LogP contribution in [0.5, 0.6) is 0 Å². The molecule has 1 atom stereocenters. The van der Waals surface area contributed by atoms with Crippen molar-refractivity contribution in [1.82, 2.24) is 10.2 Å². The zero-order valence-electron chi connectivity index (χ0n) is 10.4. The summed E-state index contributed by atoms with van der Waals surface area (Å²) in [6, 6.07) is 5.87. The predicted molar refractivity (Wildman–Crippen MR) is 71.2 cm³/mol. The fourth-order valence-electron chi connectivity index (χ4n) is 2.15. The first-order chi connectivity index (χ1) is 7.68. The van der Waals surface area contributed by atoms with E-state index >= 15 is 0 Å². The summed E-state index contributed by atoms with van der Waals surface area (Å²) in [6.07, 6.45) is 0. The smallest absolute Gasteiger partial charge is 0.126 e. The average Bonchev–Trinajstić information content (AvgIpc) is 2.33. The Labute approximate surface area is 109 Å². The molecule has 0 spiro atoms. The second kappa shape index (κ2) is 6.34. The van der Waals surface area contributed by atoms with Gasteiger partial charge in [0.15, 0.2) is 0 Å². The fourth-order valence-corrected chi connectivity index (χ4v) is 2.15. The molecule has 0 aromatic heterocycles. The third-order valence-electron chi connectivity index (χ3n) is 3.38. The number of hydrogen-bond donors (Lipinski definition) is 1. The maximum absolute atomic E-state index is 13.5. The largest absolute Gasteiger partial charge is 0.314 e. The molecule has 1 aromatic carbocycles. The number of halogens is 2. The van der Waals surface area contributed by atoms with Crippen molar-refractivity contribution >= 4 is 12.4 Å². The summed E-state index contributed by atoms with van der Waals surface area (Å²) in [5, 5.41) is 3.33. The van der Waals surface area contributed by atoms with Gasteiger partial charge in [0.25, 0.3) is 0 Å². The zero-order valence-corrected chi connectivity index (χ0v) is 11.2. The molecule has 2 rings (SSSR count). The third kappa shape index (κ3) is 3.41. The van der Waals surface area contributed by atoms with Crippen molar-refractivity contribution < 1.29 is 4.39 Å². The molecule has 0 aliphatic carbocycles. The molecule has 0 saturated carbocycles. The number of piperazine rings is 1. The van der Waals surface area contributed by atoms with Crippen molar-refractivity contribution in [3.8, 4) is 0 Å². The van der Waals surface area contributed by atoms with Gasteiger partial charge in [0.1, 0.15) is 5.82 Å². The van der Waals surface area contributed by atoms with Gasteiger partial charge in [-0.25, -0.2) is 4.39 Å². The summed E-state index contributed by atoms with van der Waals surface area (Å²) in [5.41, 5.74) is 1.79. The number of aryl methyl sites for hydroxylation is 1. The molecule has 0 bridgehead atoms. The molecule has 2 nitrogen and oxygen atoms in total. The van der Waals surface area contributed by atoms with E-state index in [-0.39, 0.29) is 18.2 Å². The second-order valence-electron chi connectivity index (χ2n) is 4.47. The number of benzene rings is 1. The minimum absolute atomic E-state index is 0. The average molecular weight is 259 g/mol. The van der Waals surface area contributed by atoms with E-state index in [4.69, 9.17) is 0 Å². The first-order valence-corrected chi connectivity index (χ1v) is 5.89. The Morgan fingerprint density at radius 1 is 1.29 bits per heavy atom.